The number of aromatic nitrogens is 1. The molecule has 4 aromatic rings. The molecule has 5 heteroatoms. The van der Waals surface area contributed by atoms with Gasteiger partial charge in [0.15, 0.2) is 5.13 Å². The third-order valence-electron chi connectivity index (χ3n) is 5.90. The first kappa shape index (κ1) is 19.5. The molecule has 1 aromatic heterocycles. The van der Waals surface area contributed by atoms with E-state index in [4.69, 9.17) is 4.74 Å². The van der Waals surface area contributed by atoms with Crippen molar-refractivity contribution in [2.45, 2.75) is 19.3 Å². The van der Waals surface area contributed by atoms with Gasteiger partial charge in [-0.15, -0.1) is 11.3 Å². The van der Waals surface area contributed by atoms with E-state index in [1.54, 1.807) is 6.20 Å². The van der Waals surface area contributed by atoms with Crippen LogP contribution in [0.3, 0.4) is 0 Å². The molecular weight excluding hydrogens is 404 g/mol. The number of amides is 1. The lowest BCUT2D eigenvalue weighted by molar-refractivity contribution is -0.125. The Labute approximate surface area is 185 Å². The molecule has 2 atom stereocenters. The minimum Gasteiger partial charge on any atom is -0.457 e. The molecule has 0 fully saturated rings. The molecular formula is C26H22N2O2S. The van der Waals surface area contributed by atoms with Crippen LogP contribution in [-0.2, 0) is 11.2 Å². The van der Waals surface area contributed by atoms with Crippen molar-refractivity contribution in [1.82, 2.24) is 4.98 Å². The normalized spacial score (nSPS) is 19.6. The second kappa shape index (κ2) is 8.00. The molecule has 1 N–H and O–H groups in total. The lowest BCUT2D eigenvalue weighted by atomic mass is 9.73. The predicted octanol–water partition coefficient (Wildman–Crippen LogP) is 6.27. The fraction of sp³-hybridized carbons (Fsp3) is 0.154. The van der Waals surface area contributed by atoms with E-state index in [1.807, 2.05) is 66.9 Å². The highest BCUT2D eigenvalue weighted by Crippen LogP contribution is 2.52. The van der Waals surface area contributed by atoms with Crippen LogP contribution in [0.4, 0.5) is 5.13 Å². The third kappa shape index (κ3) is 3.73. The first-order chi connectivity index (χ1) is 15.1. The summed E-state index contributed by atoms with van der Waals surface area (Å²) in [4.78, 5) is 17.7. The van der Waals surface area contributed by atoms with E-state index in [2.05, 4.69) is 34.6 Å². The molecule has 1 heterocycles. The fourth-order valence-electron chi connectivity index (χ4n) is 4.48. The number of carbonyl (C=O) groups is 1. The average Bonchev–Trinajstić information content (AvgIpc) is 3.40. The number of ether oxygens (including phenoxy) is 1. The largest absolute Gasteiger partial charge is 0.457 e. The Balaban J connectivity index is 1.52. The highest BCUT2D eigenvalue weighted by molar-refractivity contribution is 7.13. The predicted molar refractivity (Wildman–Crippen MR) is 124 cm³/mol. The molecule has 0 bridgehead atoms. The molecule has 1 aliphatic carbocycles. The van der Waals surface area contributed by atoms with E-state index in [0.29, 0.717) is 11.6 Å². The number of nitrogens with zero attached hydrogens (tertiary/aromatic N) is 1. The maximum absolute atomic E-state index is 13.5. The summed E-state index contributed by atoms with van der Waals surface area (Å²) in [5.41, 5.74) is 2.80. The number of hydrogen-bond acceptors (Lipinski definition) is 4. The van der Waals surface area contributed by atoms with Crippen molar-refractivity contribution >= 4 is 22.4 Å². The quantitative estimate of drug-likeness (QED) is 0.409. The summed E-state index contributed by atoms with van der Waals surface area (Å²) < 4.78 is 6.05. The van der Waals surface area contributed by atoms with E-state index >= 15 is 0 Å². The van der Waals surface area contributed by atoms with E-state index < -0.39 is 5.41 Å². The van der Waals surface area contributed by atoms with Crippen LogP contribution in [0.2, 0.25) is 0 Å². The number of nitrogens with one attached hydrogen (secondary N) is 1. The van der Waals surface area contributed by atoms with Crippen molar-refractivity contribution in [2.24, 2.45) is 5.41 Å². The maximum Gasteiger partial charge on any atom is 0.233 e. The van der Waals surface area contributed by atoms with Gasteiger partial charge in [-0.2, -0.15) is 0 Å². The smallest absolute Gasteiger partial charge is 0.233 e. The number of para-hydroxylation sites is 1. The Bertz CT molecular complexity index is 1190. The summed E-state index contributed by atoms with van der Waals surface area (Å²) in [5.74, 6) is 1.51. The lowest BCUT2D eigenvalue weighted by Crippen LogP contribution is -2.37. The van der Waals surface area contributed by atoms with Crippen molar-refractivity contribution in [3.8, 4) is 11.5 Å². The first-order valence-corrected chi connectivity index (χ1v) is 11.1. The van der Waals surface area contributed by atoms with Gasteiger partial charge in [0.05, 0.1) is 5.41 Å². The summed E-state index contributed by atoms with van der Waals surface area (Å²) >= 11 is 1.43. The second-order valence-corrected chi connectivity index (χ2v) is 8.90. The molecule has 1 aliphatic rings. The average molecular weight is 427 g/mol. The topological polar surface area (TPSA) is 51.2 Å². The summed E-state index contributed by atoms with van der Waals surface area (Å²) in [5, 5.41) is 5.52. The van der Waals surface area contributed by atoms with Crippen LogP contribution in [0.1, 0.15) is 29.5 Å². The van der Waals surface area contributed by atoms with Crippen LogP contribution < -0.4 is 10.1 Å². The Morgan fingerprint density at radius 1 is 1.03 bits per heavy atom. The van der Waals surface area contributed by atoms with Crippen molar-refractivity contribution in [2.75, 3.05) is 5.32 Å². The first-order valence-electron chi connectivity index (χ1n) is 10.2. The number of fused-ring (bicyclic) bond motifs is 1. The van der Waals surface area contributed by atoms with Gasteiger partial charge in [-0.1, -0.05) is 54.6 Å². The number of benzene rings is 3. The van der Waals surface area contributed by atoms with Gasteiger partial charge in [-0.3, -0.25) is 4.79 Å². The van der Waals surface area contributed by atoms with E-state index in [0.717, 1.165) is 22.6 Å². The number of hydrogen-bond donors (Lipinski definition) is 1. The monoisotopic (exact) mass is 426 g/mol. The minimum atomic E-state index is -0.638. The number of thiazole rings is 1. The van der Waals surface area contributed by atoms with Gasteiger partial charge < -0.3 is 10.1 Å². The van der Waals surface area contributed by atoms with Crippen molar-refractivity contribution in [1.29, 1.82) is 0 Å². The van der Waals surface area contributed by atoms with Crippen LogP contribution in [0, 0.1) is 5.41 Å². The molecule has 5 rings (SSSR count). The van der Waals surface area contributed by atoms with Gasteiger partial charge in [-0.05, 0) is 54.3 Å². The van der Waals surface area contributed by atoms with E-state index in [-0.39, 0.29) is 11.8 Å². The highest BCUT2D eigenvalue weighted by atomic mass is 32.1. The Morgan fingerprint density at radius 3 is 2.48 bits per heavy atom. The minimum absolute atomic E-state index is 0.0157. The van der Waals surface area contributed by atoms with Crippen LogP contribution in [0.5, 0.6) is 11.5 Å². The Kier molecular flexibility index (Phi) is 5.04. The van der Waals surface area contributed by atoms with Crippen LogP contribution in [0.25, 0.3) is 0 Å². The number of carbonyl (C=O) groups excluding carboxylic acids is 1. The van der Waals surface area contributed by atoms with Crippen LogP contribution in [0.15, 0.2) is 90.4 Å². The molecule has 1 amide bonds. The molecule has 0 saturated heterocycles. The van der Waals surface area contributed by atoms with Crippen molar-refractivity contribution in [3.63, 3.8) is 0 Å². The standard InChI is InChI=1S/C26H22N2O2S/c1-26(24(29)28-25-27-14-15-31-25)17-19-16-21(30-20-10-6-3-7-11-20)12-13-22(19)23(26)18-8-4-2-5-9-18/h2-16,23H,17H2,1H3,(H,27,28,29)/t23-,26+/m1/s1. The van der Waals surface area contributed by atoms with Gasteiger partial charge in [0.2, 0.25) is 5.91 Å². The zero-order valence-corrected chi connectivity index (χ0v) is 17.9. The Hall–Kier alpha value is -3.44. The summed E-state index contributed by atoms with van der Waals surface area (Å²) in [6.07, 6.45) is 2.33. The molecule has 3 aromatic carbocycles. The van der Waals surface area contributed by atoms with Gasteiger partial charge in [0, 0.05) is 17.5 Å². The fourth-order valence-corrected chi connectivity index (χ4v) is 5.00. The second-order valence-electron chi connectivity index (χ2n) is 8.01. The van der Waals surface area contributed by atoms with Gasteiger partial charge in [0.1, 0.15) is 11.5 Å². The van der Waals surface area contributed by atoms with Crippen molar-refractivity contribution in [3.05, 3.63) is 107 Å². The molecule has 0 saturated carbocycles. The number of anilines is 1. The SMILES string of the molecule is C[C@]1(C(=O)Nc2nccs2)Cc2cc(Oc3ccccc3)ccc2[C@H]1c1ccccc1. The molecule has 0 aliphatic heterocycles. The molecule has 154 valence electrons. The zero-order valence-electron chi connectivity index (χ0n) is 17.1. The van der Waals surface area contributed by atoms with Crippen LogP contribution >= 0.6 is 11.3 Å². The molecule has 0 spiro atoms. The summed E-state index contributed by atoms with van der Waals surface area (Å²) in [6.45, 7) is 2.05. The lowest BCUT2D eigenvalue weighted by Gasteiger charge is -2.30. The Morgan fingerprint density at radius 2 is 1.77 bits per heavy atom. The van der Waals surface area contributed by atoms with Crippen LogP contribution in [-0.4, -0.2) is 10.9 Å². The summed E-state index contributed by atoms with van der Waals surface area (Å²) in [7, 11) is 0. The summed E-state index contributed by atoms with van der Waals surface area (Å²) in [6, 6.07) is 26.2. The van der Waals surface area contributed by atoms with E-state index in [1.165, 1.54) is 16.9 Å². The number of rotatable bonds is 5. The van der Waals surface area contributed by atoms with Crippen molar-refractivity contribution < 1.29 is 9.53 Å². The third-order valence-corrected chi connectivity index (χ3v) is 6.59. The molecule has 0 unspecified atom stereocenters. The zero-order chi connectivity index (χ0) is 21.3. The van der Waals surface area contributed by atoms with Gasteiger partial charge >= 0.3 is 0 Å². The molecule has 4 nitrogen and oxygen atoms in total. The highest BCUT2D eigenvalue weighted by Gasteiger charge is 2.49. The molecule has 31 heavy (non-hydrogen) atoms. The van der Waals surface area contributed by atoms with Gasteiger partial charge in [-0.25, -0.2) is 4.98 Å². The van der Waals surface area contributed by atoms with Gasteiger partial charge in [0.25, 0.3) is 0 Å². The van der Waals surface area contributed by atoms with E-state index in [9.17, 15) is 4.79 Å². The maximum atomic E-state index is 13.5. The molecule has 0 radical (unpaired) electrons.